The number of hydrogen-bond donors (Lipinski definition) is 2. The van der Waals surface area contributed by atoms with Gasteiger partial charge in [0, 0.05) is 6.04 Å². The van der Waals surface area contributed by atoms with E-state index in [1.165, 1.54) is 0 Å². The molecule has 3 atom stereocenters. The van der Waals surface area contributed by atoms with Crippen LogP contribution in [0.4, 0.5) is 4.79 Å². The normalized spacial score (nSPS) is 24.8. The number of ether oxygens (including phenoxy) is 1. The van der Waals surface area contributed by atoms with Crippen LogP contribution in [-0.2, 0) is 9.53 Å². The number of rotatable bonds is 4. The minimum absolute atomic E-state index is 0.00114. The summed E-state index contributed by atoms with van der Waals surface area (Å²) in [5, 5.41) is 12.2. The molecule has 5 heteroatoms. The number of carboxylic acid groups (broad SMARTS) is 1. The number of amides is 1. The average molecular weight is 285 g/mol. The quantitative estimate of drug-likeness (QED) is 0.831. The van der Waals surface area contributed by atoms with Crippen molar-refractivity contribution in [1.29, 1.82) is 0 Å². The Morgan fingerprint density at radius 3 is 2.40 bits per heavy atom. The van der Waals surface area contributed by atoms with E-state index in [2.05, 4.69) is 5.32 Å². The Labute approximate surface area is 121 Å². The molecule has 0 bridgehead atoms. The summed E-state index contributed by atoms with van der Waals surface area (Å²) in [5.74, 6) is -1.16. The van der Waals surface area contributed by atoms with Gasteiger partial charge in [0.05, 0.1) is 5.92 Å². The fraction of sp³-hybridized carbons (Fsp3) is 0.867. The second-order valence-electron chi connectivity index (χ2n) is 6.55. The van der Waals surface area contributed by atoms with Crippen LogP contribution in [0.15, 0.2) is 0 Å². The van der Waals surface area contributed by atoms with Gasteiger partial charge >= 0.3 is 12.1 Å². The van der Waals surface area contributed by atoms with E-state index in [0.717, 1.165) is 25.7 Å². The second kappa shape index (κ2) is 6.95. The van der Waals surface area contributed by atoms with Crippen LogP contribution in [0, 0.1) is 11.8 Å². The van der Waals surface area contributed by atoms with Crippen LogP contribution in [0.1, 0.15) is 59.8 Å². The summed E-state index contributed by atoms with van der Waals surface area (Å²) < 4.78 is 5.27. The molecule has 116 valence electrons. The summed E-state index contributed by atoms with van der Waals surface area (Å²) >= 11 is 0. The maximum Gasteiger partial charge on any atom is 0.407 e. The first-order valence-electron chi connectivity index (χ1n) is 7.47. The zero-order valence-corrected chi connectivity index (χ0v) is 12.9. The van der Waals surface area contributed by atoms with Gasteiger partial charge in [-0.3, -0.25) is 4.79 Å². The van der Waals surface area contributed by atoms with Gasteiger partial charge in [0.15, 0.2) is 0 Å². The lowest BCUT2D eigenvalue weighted by atomic mass is 9.75. The van der Waals surface area contributed by atoms with Gasteiger partial charge in [0.25, 0.3) is 0 Å². The molecule has 1 saturated carbocycles. The Kier molecular flexibility index (Phi) is 5.84. The van der Waals surface area contributed by atoms with Crippen molar-refractivity contribution in [2.24, 2.45) is 11.8 Å². The first-order valence-corrected chi connectivity index (χ1v) is 7.47. The Balaban J connectivity index is 2.69. The van der Waals surface area contributed by atoms with Crippen molar-refractivity contribution < 1.29 is 19.4 Å². The molecule has 0 heterocycles. The van der Waals surface area contributed by atoms with Crippen molar-refractivity contribution in [3.63, 3.8) is 0 Å². The van der Waals surface area contributed by atoms with Crippen molar-refractivity contribution in [1.82, 2.24) is 5.32 Å². The zero-order chi connectivity index (χ0) is 15.3. The molecule has 0 aromatic carbocycles. The van der Waals surface area contributed by atoms with Crippen molar-refractivity contribution in [3.05, 3.63) is 0 Å². The van der Waals surface area contributed by atoms with Crippen LogP contribution < -0.4 is 5.32 Å². The van der Waals surface area contributed by atoms with E-state index in [4.69, 9.17) is 4.74 Å². The summed E-state index contributed by atoms with van der Waals surface area (Å²) in [6.07, 6.45) is 3.87. The molecule has 20 heavy (non-hydrogen) atoms. The molecule has 1 rings (SSSR count). The fourth-order valence-electron chi connectivity index (χ4n) is 2.94. The highest BCUT2D eigenvalue weighted by atomic mass is 16.6. The van der Waals surface area contributed by atoms with E-state index in [1.807, 2.05) is 27.7 Å². The lowest BCUT2D eigenvalue weighted by Gasteiger charge is -2.35. The van der Waals surface area contributed by atoms with Crippen molar-refractivity contribution in [3.8, 4) is 0 Å². The van der Waals surface area contributed by atoms with Gasteiger partial charge in [0.1, 0.15) is 5.60 Å². The summed E-state index contributed by atoms with van der Waals surface area (Å²) in [6.45, 7) is 7.34. The first kappa shape index (κ1) is 16.8. The predicted octanol–water partition coefficient (Wildman–Crippen LogP) is 3.18. The van der Waals surface area contributed by atoms with E-state index >= 15 is 0 Å². The van der Waals surface area contributed by atoms with Crippen LogP contribution >= 0.6 is 0 Å². The Bertz CT molecular complexity index is 348. The molecule has 1 aliphatic rings. The monoisotopic (exact) mass is 285 g/mol. The zero-order valence-electron chi connectivity index (χ0n) is 12.9. The molecule has 1 amide bonds. The highest BCUT2D eigenvalue weighted by molar-refractivity contribution is 5.71. The van der Waals surface area contributed by atoms with Crippen LogP contribution in [0.5, 0.6) is 0 Å². The van der Waals surface area contributed by atoms with Crippen LogP contribution in [-0.4, -0.2) is 28.8 Å². The standard InChI is InChI=1S/C15H27NO4/c1-5-10(13(17)18)11-8-6-7-9-12(11)16-14(19)20-15(2,3)4/h10-12H,5-9H2,1-4H3,(H,16,19)(H,17,18)/t10-,11-,12-/m0/s1. The van der Waals surface area contributed by atoms with Gasteiger partial charge in [-0.15, -0.1) is 0 Å². The molecule has 1 fully saturated rings. The molecule has 0 unspecified atom stereocenters. The van der Waals surface area contributed by atoms with Gasteiger partial charge in [-0.2, -0.15) is 0 Å². The van der Waals surface area contributed by atoms with Crippen molar-refractivity contribution in [2.75, 3.05) is 0 Å². The lowest BCUT2D eigenvalue weighted by molar-refractivity contribution is -0.144. The Morgan fingerprint density at radius 1 is 1.30 bits per heavy atom. The van der Waals surface area contributed by atoms with Gasteiger partial charge in [0.2, 0.25) is 0 Å². The van der Waals surface area contributed by atoms with E-state index in [1.54, 1.807) is 0 Å². The highest BCUT2D eigenvalue weighted by Crippen LogP contribution is 2.32. The van der Waals surface area contributed by atoms with E-state index < -0.39 is 23.6 Å². The molecule has 0 aliphatic heterocycles. The molecule has 0 aromatic heterocycles. The van der Waals surface area contributed by atoms with Crippen LogP contribution in [0.25, 0.3) is 0 Å². The average Bonchev–Trinajstić information content (AvgIpc) is 2.29. The third kappa shape index (κ3) is 5.02. The number of hydrogen-bond acceptors (Lipinski definition) is 3. The number of alkyl carbamates (subject to hydrolysis) is 1. The number of aliphatic carboxylic acids is 1. The third-order valence-electron chi connectivity index (χ3n) is 3.80. The molecule has 2 N–H and O–H groups in total. The van der Waals surface area contributed by atoms with Gasteiger partial charge in [-0.05, 0) is 46.0 Å². The molecule has 0 saturated heterocycles. The second-order valence-corrected chi connectivity index (χ2v) is 6.55. The SMILES string of the molecule is CC[C@H](C(=O)O)[C@@H]1CCCC[C@@H]1NC(=O)OC(C)(C)C. The maximum atomic E-state index is 11.9. The van der Waals surface area contributed by atoms with Crippen LogP contribution in [0.2, 0.25) is 0 Å². The minimum Gasteiger partial charge on any atom is -0.481 e. The third-order valence-corrected chi connectivity index (χ3v) is 3.80. The molecule has 1 aliphatic carbocycles. The summed E-state index contributed by atoms with van der Waals surface area (Å²) in [6, 6.07) is -0.0975. The smallest absolute Gasteiger partial charge is 0.407 e. The first-order chi connectivity index (χ1) is 9.24. The Hall–Kier alpha value is -1.26. The maximum absolute atomic E-state index is 11.9. The van der Waals surface area contributed by atoms with Gasteiger partial charge < -0.3 is 15.2 Å². The number of carboxylic acids is 1. The number of nitrogens with one attached hydrogen (secondary N) is 1. The summed E-state index contributed by atoms with van der Waals surface area (Å²) in [4.78, 5) is 23.2. The van der Waals surface area contributed by atoms with Crippen molar-refractivity contribution in [2.45, 2.75) is 71.4 Å². The van der Waals surface area contributed by atoms with E-state index in [0.29, 0.717) is 6.42 Å². The molecular weight excluding hydrogens is 258 g/mol. The topological polar surface area (TPSA) is 75.6 Å². The molecule has 5 nitrogen and oxygen atoms in total. The Morgan fingerprint density at radius 2 is 1.90 bits per heavy atom. The summed E-state index contributed by atoms with van der Waals surface area (Å²) in [7, 11) is 0. The predicted molar refractivity (Wildman–Crippen MR) is 76.5 cm³/mol. The van der Waals surface area contributed by atoms with E-state index in [9.17, 15) is 14.7 Å². The minimum atomic E-state index is -0.768. The largest absolute Gasteiger partial charge is 0.481 e. The van der Waals surface area contributed by atoms with E-state index in [-0.39, 0.29) is 12.0 Å². The van der Waals surface area contributed by atoms with Crippen molar-refractivity contribution >= 4 is 12.1 Å². The number of carbonyl (C=O) groups is 2. The fourth-order valence-corrected chi connectivity index (χ4v) is 2.94. The number of carbonyl (C=O) groups excluding carboxylic acids is 1. The molecule has 0 spiro atoms. The molecule has 0 radical (unpaired) electrons. The van der Waals surface area contributed by atoms with Gasteiger partial charge in [-0.1, -0.05) is 19.8 Å². The summed E-state index contributed by atoms with van der Waals surface area (Å²) in [5.41, 5.74) is -0.537. The van der Waals surface area contributed by atoms with Crippen LogP contribution in [0.3, 0.4) is 0 Å². The van der Waals surface area contributed by atoms with Gasteiger partial charge in [-0.25, -0.2) is 4.79 Å². The molecule has 0 aromatic rings. The lowest BCUT2D eigenvalue weighted by Crippen LogP contribution is -2.47. The highest BCUT2D eigenvalue weighted by Gasteiger charge is 2.36. The molecular formula is C15H27NO4.